The summed E-state index contributed by atoms with van der Waals surface area (Å²) in [5.41, 5.74) is 0. The highest BCUT2D eigenvalue weighted by Gasteiger charge is 1.99. The molecule has 0 aliphatic rings. The SMILES string of the molecule is O=C(O)CCCCCCCC(Cl)Cl. The van der Waals surface area contributed by atoms with Crippen molar-refractivity contribution in [2.45, 2.75) is 49.8 Å². The fourth-order valence-electron chi connectivity index (χ4n) is 1.11. The molecule has 0 saturated heterocycles. The lowest BCUT2D eigenvalue weighted by Gasteiger charge is -2.00. The number of rotatable bonds is 8. The Morgan fingerprint density at radius 3 is 2.15 bits per heavy atom. The summed E-state index contributed by atoms with van der Waals surface area (Å²) in [5, 5.41) is 8.35. The monoisotopic (exact) mass is 226 g/mol. The van der Waals surface area contributed by atoms with E-state index >= 15 is 0 Å². The summed E-state index contributed by atoms with van der Waals surface area (Å²) in [5.74, 6) is -0.707. The molecule has 13 heavy (non-hydrogen) atoms. The van der Waals surface area contributed by atoms with Crippen molar-refractivity contribution in [2.75, 3.05) is 0 Å². The first-order valence-electron chi connectivity index (χ1n) is 4.63. The van der Waals surface area contributed by atoms with Crippen molar-refractivity contribution in [2.24, 2.45) is 0 Å². The van der Waals surface area contributed by atoms with Crippen molar-refractivity contribution in [1.82, 2.24) is 0 Å². The van der Waals surface area contributed by atoms with Gasteiger partial charge in [-0.1, -0.05) is 25.7 Å². The molecule has 2 nitrogen and oxygen atoms in total. The van der Waals surface area contributed by atoms with E-state index in [4.69, 9.17) is 28.3 Å². The molecule has 0 rings (SSSR count). The average molecular weight is 227 g/mol. The van der Waals surface area contributed by atoms with E-state index < -0.39 is 5.97 Å². The Balaban J connectivity index is 2.96. The molecule has 0 aromatic carbocycles. The smallest absolute Gasteiger partial charge is 0.303 e. The number of hydrogen-bond acceptors (Lipinski definition) is 1. The third kappa shape index (κ3) is 12.1. The van der Waals surface area contributed by atoms with Crippen LogP contribution in [0.4, 0.5) is 0 Å². The van der Waals surface area contributed by atoms with Crippen LogP contribution in [-0.4, -0.2) is 15.9 Å². The van der Waals surface area contributed by atoms with Crippen LogP contribution in [0.15, 0.2) is 0 Å². The first-order valence-corrected chi connectivity index (χ1v) is 5.50. The molecule has 0 fully saturated rings. The highest BCUT2D eigenvalue weighted by atomic mass is 35.5. The summed E-state index contributed by atoms with van der Waals surface area (Å²) < 4.78 is 0. The Bertz CT molecular complexity index is 138. The van der Waals surface area contributed by atoms with Crippen molar-refractivity contribution in [1.29, 1.82) is 0 Å². The minimum absolute atomic E-state index is 0.251. The van der Waals surface area contributed by atoms with Crippen molar-refractivity contribution < 1.29 is 9.90 Å². The van der Waals surface area contributed by atoms with E-state index in [1.807, 2.05) is 0 Å². The van der Waals surface area contributed by atoms with Gasteiger partial charge in [-0.3, -0.25) is 4.79 Å². The molecule has 0 aliphatic heterocycles. The van der Waals surface area contributed by atoms with Crippen LogP contribution in [0.5, 0.6) is 0 Å². The summed E-state index contributed by atoms with van der Waals surface area (Å²) >= 11 is 11.1. The van der Waals surface area contributed by atoms with Gasteiger partial charge in [0.05, 0.1) is 0 Å². The van der Waals surface area contributed by atoms with Crippen LogP contribution in [0.1, 0.15) is 44.9 Å². The standard InChI is InChI=1S/C9H16Cl2O2/c10-8(11)6-4-2-1-3-5-7-9(12)13/h8H,1-7H2,(H,12,13). The molecule has 0 bridgehead atoms. The lowest BCUT2D eigenvalue weighted by Crippen LogP contribution is -1.93. The number of carboxylic acids is 1. The number of aliphatic carboxylic acids is 1. The summed E-state index contributed by atoms with van der Waals surface area (Å²) in [4.78, 5) is 9.89. The maximum Gasteiger partial charge on any atom is 0.303 e. The van der Waals surface area contributed by atoms with Gasteiger partial charge in [0.25, 0.3) is 0 Å². The summed E-state index contributed by atoms with van der Waals surface area (Å²) in [6.45, 7) is 0. The molecular formula is C9H16Cl2O2. The molecule has 0 atom stereocenters. The molecule has 1 N–H and O–H groups in total. The molecule has 0 heterocycles. The van der Waals surface area contributed by atoms with Gasteiger partial charge in [0.1, 0.15) is 4.84 Å². The Morgan fingerprint density at radius 1 is 1.08 bits per heavy atom. The van der Waals surface area contributed by atoms with Crippen LogP contribution >= 0.6 is 23.2 Å². The minimum atomic E-state index is -0.707. The van der Waals surface area contributed by atoms with Crippen LogP contribution < -0.4 is 0 Å². The molecule has 0 spiro atoms. The topological polar surface area (TPSA) is 37.3 Å². The van der Waals surface area contributed by atoms with Gasteiger partial charge in [-0.05, 0) is 12.8 Å². The number of hydrogen-bond donors (Lipinski definition) is 1. The second kappa shape index (κ2) is 8.64. The minimum Gasteiger partial charge on any atom is -0.481 e. The number of halogens is 2. The highest BCUT2D eigenvalue weighted by molar-refractivity contribution is 6.44. The summed E-state index contributed by atoms with van der Waals surface area (Å²) in [7, 11) is 0. The Morgan fingerprint density at radius 2 is 1.62 bits per heavy atom. The number of alkyl halides is 2. The predicted molar refractivity (Wildman–Crippen MR) is 55.4 cm³/mol. The van der Waals surface area contributed by atoms with Gasteiger partial charge in [0.15, 0.2) is 0 Å². The van der Waals surface area contributed by atoms with Gasteiger partial charge in [-0.2, -0.15) is 0 Å². The van der Waals surface area contributed by atoms with E-state index in [-0.39, 0.29) is 11.3 Å². The zero-order valence-electron chi connectivity index (χ0n) is 7.64. The maximum atomic E-state index is 10.1. The van der Waals surface area contributed by atoms with Crippen molar-refractivity contribution in [3.05, 3.63) is 0 Å². The fraction of sp³-hybridized carbons (Fsp3) is 0.889. The quantitative estimate of drug-likeness (QED) is 0.508. The molecule has 0 radical (unpaired) electrons. The molecule has 0 saturated carbocycles. The van der Waals surface area contributed by atoms with E-state index in [2.05, 4.69) is 0 Å². The highest BCUT2D eigenvalue weighted by Crippen LogP contribution is 2.13. The molecule has 0 aliphatic carbocycles. The van der Waals surface area contributed by atoms with Gasteiger partial charge in [0.2, 0.25) is 0 Å². The van der Waals surface area contributed by atoms with E-state index in [1.54, 1.807) is 0 Å². The molecule has 0 amide bonds. The second-order valence-corrected chi connectivity index (χ2v) is 4.37. The largest absolute Gasteiger partial charge is 0.481 e. The number of carboxylic acid groups (broad SMARTS) is 1. The van der Waals surface area contributed by atoms with Crippen molar-refractivity contribution in [3.63, 3.8) is 0 Å². The molecule has 78 valence electrons. The maximum absolute atomic E-state index is 10.1. The van der Waals surface area contributed by atoms with Crippen LogP contribution in [0.2, 0.25) is 0 Å². The van der Waals surface area contributed by atoms with E-state index in [1.165, 1.54) is 0 Å². The third-order valence-corrected chi connectivity index (χ3v) is 2.25. The van der Waals surface area contributed by atoms with Crippen LogP contribution in [0.25, 0.3) is 0 Å². The predicted octanol–water partition coefficient (Wildman–Crippen LogP) is 3.61. The van der Waals surface area contributed by atoms with Crippen LogP contribution in [0.3, 0.4) is 0 Å². The van der Waals surface area contributed by atoms with Gasteiger partial charge in [-0.15, -0.1) is 23.2 Å². The zero-order valence-corrected chi connectivity index (χ0v) is 9.15. The number of carbonyl (C=O) groups is 1. The van der Waals surface area contributed by atoms with Crippen LogP contribution in [0, 0.1) is 0 Å². The molecule has 0 aromatic heterocycles. The fourth-order valence-corrected chi connectivity index (χ4v) is 1.41. The number of unbranched alkanes of at least 4 members (excludes halogenated alkanes) is 4. The molecular weight excluding hydrogens is 211 g/mol. The average Bonchev–Trinajstić information content (AvgIpc) is 2.01. The van der Waals surface area contributed by atoms with Gasteiger partial charge >= 0.3 is 5.97 Å². The van der Waals surface area contributed by atoms with Crippen molar-refractivity contribution in [3.8, 4) is 0 Å². The first-order chi connectivity index (χ1) is 6.13. The zero-order chi connectivity index (χ0) is 10.1. The van der Waals surface area contributed by atoms with Crippen LogP contribution in [-0.2, 0) is 4.79 Å². The summed E-state index contributed by atoms with van der Waals surface area (Å²) in [6.07, 6.45) is 6.09. The van der Waals surface area contributed by atoms with Gasteiger partial charge in [0, 0.05) is 6.42 Å². The van der Waals surface area contributed by atoms with Crippen molar-refractivity contribution >= 4 is 29.2 Å². The summed E-state index contributed by atoms with van der Waals surface area (Å²) in [6, 6.07) is 0. The lowest BCUT2D eigenvalue weighted by molar-refractivity contribution is -0.137. The molecule has 0 aromatic rings. The molecule has 0 unspecified atom stereocenters. The third-order valence-electron chi connectivity index (χ3n) is 1.81. The van der Waals surface area contributed by atoms with E-state index in [9.17, 15) is 4.79 Å². The Hall–Kier alpha value is 0.0500. The van der Waals surface area contributed by atoms with Gasteiger partial charge in [-0.25, -0.2) is 0 Å². The Labute approximate surface area is 89.2 Å². The van der Waals surface area contributed by atoms with Gasteiger partial charge < -0.3 is 5.11 Å². The van der Waals surface area contributed by atoms with E-state index in [0.29, 0.717) is 0 Å². The van der Waals surface area contributed by atoms with E-state index in [0.717, 1.165) is 38.5 Å². The lowest BCUT2D eigenvalue weighted by atomic mass is 10.1. The Kier molecular flexibility index (Phi) is 8.67. The molecule has 4 heteroatoms. The first kappa shape index (κ1) is 13.1. The second-order valence-electron chi connectivity index (χ2n) is 3.09. The normalized spacial score (nSPS) is 10.7.